The van der Waals surface area contributed by atoms with Crippen molar-refractivity contribution in [3.63, 3.8) is 0 Å². The number of nitrogens with one attached hydrogen (secondary N) is 1. The number of benzene rings is 1. The molecule has 0 aliphatic carbocycles. The van der Waals surface area contributed by atoms with Crippen LogP contribution in [0, 0.1) is 16.7 Å². The molecule has 1 aromatic carbocycles. The molecule has 0 bridgehead atoms. The van der Waals surface area contributed by atoms with Crippen LogP contribution in [0.5, 0.6) is 0 Å². The quantitative estimate of drug-likeness (QED) is 0.673. The summed E-state index contributed by atoms with van der Waals surface area (Å²) in [7, 11) is 0. The highest BCUT2D eigenvalue weighted by molar-refractivity contribution is 6.30. The number of halogens is 1. The van der Waals surface area contributed by atoms with Gasteiger partial charge in [0.2, 0.25) is 11.8 Å². The van der Waals surface area contributed by atoms with Gasteiger partial charge in [0.05, 0.1) is 0 Å². The van der Waals surface area contributed by atoms with Crippen LogP contribution in [0.15, 0.2) is 24.3 Å². The van der Waals surface area contributed by atoms with E-state index >= 15 is 0 Å². The molecule has 1 aliphatic heterocycles. The van der Waals surface area contributed by atoms with Gasteiger partial charge in [0.25, 0.3) is 0 Å². The fraction of sp³-hybridized carbons (Fsp3) is 0.680. The SMILES string of the molecule is C.CC(C)[C@@H](NC(=O)CC(C)(C)C)C(=O)N1CC[C@H](c2ccc(Cl)cc2)C(C)(C)C1.O. The largest absolute Gasteiger partial charge is 0.412 e. The fourth-order valence-electron chi connectivity index (χ4n) is 4.27. The number of likely N-dealkylation sites (tertiary alicyclic amines) is 1. The van der Waals surface area contributed by atoms with Crippen molar-refractivity contribution in [1.29, 1.82) is 0 Å². The molecule has 0 spiro atoms. The van der Waals surface area contributed by atoms with Gasteiger partial charge in [-0.15, -0.1) is 0 Å². The van der Waals surface area contributed by atoms with Crippen LogP contribution in [0.2, 0.25) is 5.02 Å². The first-order chi connectivity index (χ1) is 13.3. The Balaban J connectivity index is 0.00000450. The monoisotopic (exact) mass is 454 g/mol. The molecule has 6 heteroatoms. The van der Waals surface area contributed by atoms with Crippen molar-refractivity contribution in [1.82, 2.24) is 10.2 Å². The average molecular weight is 455 g/mol. The van der Waals surface area contributed by atoms with E-state index in [0.717, 1.165) is 11.4 Å². The van der Waals surface area contributed by atoms with E-state index in [4.69, 9.17) is 11.6 Å². The Hall–Kier alpha value is -1.59. The number of piperidine rings is 1. The Labute approximate surface area is 194 Å². The van der Waals surface area contributed by atoms with E-state index in [9.17, 15) is 9.59 Å². The molecular weight excluding hydrogens is 412 g/mol. The Morgan fingerprint density at radius 2 is 1.74 bits per heavy atom. The van der Waals surface area contributed by atoms with Gasteiger partial charge in [0.15, 0.2) is 0 Å². The van der Waals surface area contributed by atoms with E-state index in [2.05, 4.69) is 31.3 Å². The summed E-state index contributed by atoms with van der Waals surface area (Å²) in [5.41, 5.74) is 1.11. The van der Waals surface area contributed by atoms with Gasteiger partial charge in [-0.3, -0.25) is 9.59 Å². The van der Waals surface area contributed by atoms with Crippen LogP contribution >= 0.6 is 11.6 Å². The minimum atomic E-state index is -0.479. The molecule has 1 saturated heterocycles. The fourth-order valence-corrected chi connectivity index (χ4v) is 4.40. The third kappa shape index (κ3) is 8.12. The molecule has 0 aromatic heterocycles. The van der Waals surface area contributed by atoms with Crippen LogP contribution in [-0.2, 0) is 9.59 Å². The molecule has 1 heterocycles. The van der Waals surface area contributed by atoms with Crippen molar-refractivity contribution in [2.24, 2.45) is 16.7 Å². The van der Waals surface area contributed by atoms with Crippen molar-refractivity contribution >= 4 is 23.4 Å². The van der Waals surface area contributed by atoms with Crippen molar-refractivity contribution in [3.05, 3.63) is 34.9 Å². The molecule has 1 aliphatic rings. The number of amides is 2. The number of hydrogen-bond acceptors (Lipinski definition) is 2. The van der Waals surface area contributed by atoms with Crippen LogP contribution in [0.1, 0.15) is 80.2 Å². The van der Waals surface area contributed by atoms with E-state index in [1.165, 1.54) is 5.56 Å². The lowest BCUT2D eigenvalue weighted by Gasteiger charge is -2.45. The second-order valence-corrected chi connectivity index (χ2v) is 11.1. The third-order valence-electron chi connectivity index (χ3n) is 5.75. The molecule has 3 N–H and O–H groups in total. The predicted molar refractivity (Wildman–Crippen MR) is 130 cm³/mol. The van der Waals surface area contributed by atoms with E-state index in [1.807, 2.05) is 51.7 Å². The van der Waals surface area contributed by atoms with E-state index < -0.39 is 6.04 Å². The molecule has 2 rings (SSSR count). The molecule has 1 fully saturated rings. The van der Waals surface area contributed by atoms with Crippen LogP contribution in [0.25, 0.3) is 0 Å². The molecule has 0 unspecified atom stereocenters. The van der Waals surface area contributed by atoms with Crippen molar-refractivity contribution in [2.75, 3.05) is 13.1 Å². The van der Waals surface area contributed by atoms with Crippen LogP contribution < -0.4 is 5.32 Å². The maximum absolute atomic E-state index is 13.3. The highest BCUT2D eigenvalue weighted by Gasteiger charge is 2.40. The van der Waals surface area contributed by atoms with Gasteiger partial charge in [-0.25, -0.2) is 0 Å². The van der Waals surface area contributed by atoms with E-state index in [0.29, 0.717) is 25.4 Å². The Morgan fingerprint density at radius 1 is 1.19 bits per heavy atom. The lowest BCUT2D eigenvalue weighted by Crippen LogP contribution is -2.56. The van der Waals surface area contributed by atoms with Crippen molar-refractivity contribution < 1.29 is 15.1 Å². The average Bonchev–Trinajstić information content (AvgIpc) is 2.57. The topological polar surface area (TPSA) is 80.9 Å². The first-order valence-electron chi connectivity index (χ1n) is 10.6. The summed E-state index contributed by atoms with van der Waals surface area (Å²) < 4.78 is 0. The Kier molecular flexibility index (Phi) is 10.7. The Morgan fingerprint density at radius 3 is 2.19 bits per heavy atom. The highest BCUT2D eigenvalue weighted by Crippen LogP contribution is 2.42. The summed E-state index contributed by atoms with van der Waals surface area (Å²) in [5, 5.41) is 3.74. The zero-order chi connectivity index (χ0) is 22.0. The highest BCUT2D eigenvalue weighted by atomic mass is 35.5. The zero-order valence-corrected chi connectivity index (χ0v) is 20.3. The molecular formula is C25H43ClN2O3. The third-order valence-corrected chi connectivity index (χ3v) is 6.01. The Bertz CT molecular complexity index is 723. The second-order valence-electron chi connectivity index (χ2n) is 10.7. The van der Waals surface area contributed by atoms with Gasteiger partial charge in [-0.2, -0.15) is 0 Å². The lowest BCUT2D eigenvalue weighted by molar-refractivity contribution is -0.141. The minimum absolute atomic E-state index is 0. The molecule has 1 aromatic rings. The number of carbonyl (C=O) groups is 2. The van der Waals surface area contributed by atoms with Gasteiger partial charge < -0.3 is 15.7 Å². The molecule has 5 nitrogen and oxygen atoms in total. The lowest BCUT2D eigenvalue weighted by atomic mass is 9.70. The normalized spacial score (nSPS) is 19.1. The van der Waals surface area contributed by atoms with Gasteiger partial charge >= 0.3 is 0 Å². The van der Waals surface area contributed by atoms with Crippen LogP contribution in [0.4, 0.5) is 0 Å². The smallest absolute Gasteiger partial charge is 0.245 e. The van der Waals surface area contributed by atoms with Gasteiger partial charge in [0, 0.05) is 24.5 Å². The summed E-state index contributed by atoms with van der Waals surface area (Å²) in [6.07, 6.45) is 1.31. The number of hydrogen-bond donors (Lipinski definition) is 1. The molecule has 2 amide bonds. The molecule has 2 atom stereocenters. The molecule has 0 saturated carbocycles. The second kappa shape index (κ2) is 11.3. The first-order valence-corrected chi connectivity index (χ1v) is 11.0. The van der Waals surface area contributed by atoms with E-state index in [1.54, 1.807) is 0 Å². The molecule has 178 valence electrons. The summed E-state index contributed by atoms with van der Waals surface area (Å²) in [6.45, 7) is 15.9. The predicted octanol–water partition coefficient (Wildman–Crippen LogP) is 5.07. The summed E-state index contributed by atoms with van der Waals surface area (Å²) in [6, 6.07) is 7.58. The summed E-state index contributed by atoms with van der Waals surface area (Å²) in [4.78, 5) is 27.7. The summed E-state index contributed by atoms with van der Waals surface area (Å²) in [5.74, 6) is 0.394. The maximum atomic E-state index is 13.3. The first kappa shape index (κ1) is 29.4. The van der Waals surface area contributed by atoms with Gasteiger partial charge in [-0.1, -0.05) is 79.6 Å². The minimum Gasteiger partial charge on any atom is -0.412 e. The van der Waals surface area contributed by atoms with Crippen molar-refractivity contribution in [2.45, 2.75) is 80.7 Å². The summed E-state index contributed by atoms with van der Waals surface area (Å²) >= 11 is 6.04. The molecule has 31 heavy (non-hydrogen) atoms. The number of nitrogens with zero attached hydrogens (tertiary/aromatic N) is 1. The number of rotatable bonds is 5. The van der Waals surface area contributed by atoms with Crippen LogP contribution in [-0.4, -0.2) is 41.3 Å². The number of carbonyl (C=O) groups excluding carboxylic acids is 2. The van der Waals surface area contributed by atoms with E-state index in [-0.39, 0.29) is 41.5 Å². The van der Waals surface area contributed by atoms with Crippen LogP contribution in [0.3, 0.4) is 0 Å². The van der Waals surface area contributed by atoms with Gasteiger partial charge in [0.1, 0.15) is 6.04 Å². The zero-order valence-electron chi connectivity index (χ0n) is 19.5. The molecule has 0 radical (unpaired) electrons. The standard InChI is InChI=1S/C24H37ClN2O2.CH4.H2O/c1-16(2)21(26-20(28)14-23(3,4)5)22(29)27-13-12-19(24(6,7)15-27)17-8-10-18(25)11-9-17;;/h8-11,16,19,21H,12-15H2,1-7H3,(H,26,28);1H4;1H2/t19-,21-;;/m1../s1. The van der Waals surface area contributed by atoms with Crippen molar-refractivity contribution in [3.8, 4) is 0 Å². The van der Waals surface area contributed by atoms with Gasteiger partial charge in [-0.05, 0) is 46.8 Å². The maximum Gasteiger partial charge on any atom is 0.245 e.